The summed E-state index contributed by atoms with van der Waals surface area (Å²) in [5.41, 5.74) is 1.36. The molecule has 0 aromatic rings. The molecule has 84 valence electrons. The number of fused-ring (bicyclic) bond motifs is 1. The number of ether oxygens (including phenoxy) is 1. The molecule has 0 radical (unpaired) electrons. The maximum Gasteiger partial charge on any atom is 0.317 e. The third-order valence-corrected chi connectivity index (χ3v) is 2.50. The van der Waals surface area contributed by atoms with Gasteiger partial charge in [0.15, 0.2) is 5.84 Å². The van der Waals surface area contributed by atoms with Gasteiger partial charge >= 0.3 is 5.97 Å². The highest BCUT2D eigenvalue weighted by Gasteiger charge is 2.33. The summed E-state index contributed by atoms with van der Waals surface area (Å²) >= 11 is 5.81. The number of carbonyl (C=O) groups is 1. The van der Waals surface area contributed by atoms with E-state index in [-0.39, 0.29) is 11.1 Å². The molecule has 0 fully saturated rings. The summed E-state index contributed by atoms with van der Waals surface area (Å²) in [5.74, 6) is -0.493. The number of rotatable bonds is 2. The predicted octanol–water partition coefficient (Wildman–Crippen LogP) is 2.40. The summed E-state index contributed by atoms with van der Waals surface area (Å²) in [6.07, 6.45) is 1.55. The van der Waals surface area contributed by atoms with Gasteiger partial charge in [-0.15, -0.1) is 5.11 Å². The van der Waals surface area contributed by atoms with E-state index >= 15 is 0 Å². The molecule has 0 aliphatic carbocycles. The molecular formula is C10H10ClN3O2. The summed E-state index contributed by atoms with van der Waals surface area (Å²) in [6.45, 7) is 3.86. The van der Waals surface area contributed by atoms with Crippen LogP contribution in [0.4, 0.5) is 0 Å². The Kier molecular flexibility index (Phi) is 2.87. The molecule has 0 N–H and O–H groups in total. The molecule has 0 saturated heterocycles. The molecule has 0 saturated carbocycles. The molecule has 0 unspecified atom stereocenters. The zero-order chi connectivity index (χ0) is 11.7. The fraction of sp³-hybridized carbons (Fsp3) is 0.400. The quantitative estimate of drug-likeness (QED) is 0.549. The third-order valence-electron chi connectivity index (χ3n) is 2.29. The number of hydrogen-bond donors (Lipinski definition) is 0. The van der Waals surface area contributed by atoms with Crippen molar-refractivity contribution in [3.05, 3.63) is 22.5 Å². The van der Waals surface area contributed by atoms with Gasteiger partial charge in [-0.2, -0.15) is 5.11 Å². The lowest BCUT2D eigenvalue weighted by Gasteiger charge is -2.16. The van der Waals surface area contributed by atoms with E-state index in [0.29, 0.717) is 23.7 Å². The summed E-state index contributed by atoms with van der Waals surface area (Å²) < 4.78 is 4.97. The molecule has 0 spiro atoms. The van der Waals surface area contributed by atoms with Gasteiger partial charge in [-0.3, -0.25) is 4.79 Å². The number of aliphatic imine (C=N–C) groups is 1. The standard InChI is InChI=1S/C10H10ClN3O2/c1-3-16-10(15)6-4-7(11)12-9-8(6)5(2)13-14-9/h4,6H,3H2,1-2H3/t6-/m1/s1. The number of amidine groups is 1. The summed E-state index contributed by atoms with van der Waals surface area (Å²) in [4.78, 5) is 15.7. The Morgan fingerprint density at radius 2 is 2.31 bits per heavy atom. The minimum Gasteiger partial charge on any atom is -0.465 e. The van der Waals surface area contributed by atoms with Gasteiger partial charge in [0, 0.05) is 5.57 Å². The Balaban J connectivity index is 2.37. The molecule has 0 amide bonds. The van der Waals surface area contributed by atoms with Crippen LogP contribution in [-0.4, -0.2) is 18.4 Å². The first-order chi connectivity index (χ1) is 7.63. The van der Waals surface area contributed by atoms with Gasteiger partial charge in [0.2, 0.25) is 0 Å². The van der Waals surface area contributed by atoms with Gasteiger partial charge < -0.3 is 4.74 Å². The summed E-state index contributed by atoms with van der Waals surface area (Å²) in [5, 5.41) is 7.97. The first-order valence-electron chi connectivity index (χ1n) is 4.89. The van der Waals surface area contributed by atoms with Crippen LogP contribution >= 0.6 is 11.6 Å². The molecule has 0 aromatic heterocycles. The molecule has 0 bridgehead atoms. The Bertz CT molecular complexity index is 463. The van der Waals surface area contributed by atoms with Crippen molar-refractivity contribution >= 4 is 23.4 Å². The smallest absolute Gasteiger partial charge is 0.317 e. The van der Waals surface area contributed by atoms with Gasteiger partial charge in [-0.25, -0.2) is 4.99 Å². The highest BCUT2D eigenvalue weighted by atomic mass is 35.5. The fourth-order valence-corrected chi connectivity index (χ4v) is 1.82. The molecule has 2 rings (SSSR count). The van der Waals surface area contributed by atoms with Crippen LogP contribution in [0.1, 0.15) is 13.8 Å². The van der Waals surface area contributed by atoms with Crippen LogP contribution in [-0.2, 0) is 9.53 Å². The molecule has 2 heterocycles. The molecule has 2 aliphatic rings. The Morgan fingerprint density at radius 3 is 3.00 bits per heavy atom. The van der Waals surface area contributed by atoms with Crippen molar-refractivity contribution in [1.29, 1.82) is 0 Å². The van der Waals surface area contributed by atoms with Gasteiger partial charge in [-0.1, -0.05) is 11.6 Å². The molecule has 2 aliphatic heterocycles. The number of esters is 1. The van der Waals surface area contributed by atoms with E-state index in [0.717, 1.165) is 0 Å². The van der Waals surface area contributed by atoms with Crippen LogP contribution in [0.15, 0.2) is 37.7 Å². The third kappa shape index (κ3) is 1.78. The molecule has 5 nitrogen and oxygen atoms in total. The molecule has 16 heavy (non-hydrogen) atoms. The van der Waals surface area contributed by atoms with E-state index in [1.807, 2.05) is 0 Å². The van der Waals surface area contributed by atoms with E-state index in [9.17, 15) is 4.79 Å². The maximum atomic E-state index is 11.7. The highest BCUT2D eigenvalue weighted by Crippen LogP contribution is 2.32. The summed E-state index contributed by atoms with van der Waals surface area (Å²) in [6, 6.07) is 0. The lowest BCUT2D eigenvalue weighted by atomic mass is 9.95. The van der Waals surface area contributed by atoms with E-state index in [1.165, 1.54) is 0 Å². The first kappa shape index (κ1) is 11.0. The van der Waals surface area contributed by atoms with E-state index < -0.39 is 5.92 Å². The number of halogens is 1. The number of hydrogen-bond acceptors (Lipinski definition) is 5. The molecular weight excluding hydrogens is 230 g/mol. The largest absolute Gasteiger partial charge is 0.465 e. The van der Waals surface area contributed by atoms with Gasteiger partial charge in [-0.05, 0) is 19.9 Å². The van der Waals surface area contributed by atoms with Crippen LogP contribution in [0.2, 0.25) is 0 Å². The van der Waals surface area contributed by atoms with Crippen molar-refractivity contribution in [1.82, 2.24) is 0 Å². The van der Waals surface area contributed by atoms with Gasteiger partial charge in [0.25, 0.3) is 0 Å². The Morgan fingerprint density at radius 1 is 1.56 bits per heavy atom. The lowest BCUT2D eigenvalue weighted by Crippen LogP contribution is -2.23. The van der Waals surface area contributed by atoms with Crippen molar-refractivity contribution < 1.29 is 9.53 Å². The van der Waals surface area contributed by atoms with Crippen molar-refractivity contribution in [2.45, 2.75) is 13.8 Å². The lowest BCUT2D eigenvalue weighted by molar-refractivity contribution is -0.145. The second-order valence-electron chi connectivity index (χ2n) is 3.35. The summed E-state index contributed by atoms with van der Waals surface area (Å²) in [7, 11) is 0. The monoisotopic (exact) mass is 239 g/mol. The first-order valence-corrected chi connectivity index (χ1v) is 5.26. The van der Waals surface area contributed by atoms with Crippen LogP contribution in [0.5, 0.6) is 0 Å². The van der Waals surface area contributed by atoms with E-state index in [2.05, 4.69) is 15.2 Å². The van der Waals surface area contributed by atoms with Crippen molar-refractivity contribution in [3.63, 3.8) is 0 Å². The fourth-order valence-electron chi connectivity index (χ4n) is 1.62. The highest BCUT2D eigenvalue weighted by molar-refractivity contribution is 6.31. The van der Waals surface area contributed by atoms with Crippen LogP contribution < -0.4 is 0 Å². The number of nitrogens with zero attached hydrogens (tertiary/aromatic N) is 3. The van der Waals surface area contributed by atoms with Crippen LogP contribution in [0, 0.1) is 5.92 Å². The molecule has 1 atom stereocenters. The molecule has 6 heteroatoms. The number of azo groups is 1. The van der Waals surface area contributed by atoms with Gasteiger partial charge in [0.1, 0.15) is 11.1 Å². The SMILES string of the molecule is CCOC(=O)[C@@H]1C=C(Cl)N=C2N=NC(C)=C21. The number of allylic oxidation sites excluding steroid dienone is 1. The average Bonchev–Trinajstić information content (AvgIpc) is 2.59. The minimum atomic E-state index is -0.546. The Labute approximate surface area is 97.6 Å². The van der Waals surface area contributed by atoms with Crippen molar-refractivity contribution in [3.8, 4) is 0 Å². The second kappa shape index (κ2) is 4.17. The van der Waals surface area contributed by atoms with E-state index in [1.54, 1.807) is 19.9 Å². The topological polar surface area (TPSA) is 63.4 Å². The predicted molar refractivity (Wildman–Crippen MR) is 59.1 cm³/mol. The minimum absolute atomic E-state index is 0.241. The van der Waals surface area contributed by atoms with Gasteiger partial charge in [0.05, 0.1) is 12.3 Å². The van der Waals surface area contributed by atoms with Crippen LogP contribution in [0.3, 0.4) is 0 Å². The average molecular weight is 240 g/mol. The number of carbonyl (C=O) groups excluding carboxylic acids is 1. The zero-order valence-electron chi connectivity index (χ0n) is 8.90. The molecule has 0 aromatic carbocycles. The second-order valence-corrected chi connectivity index (χ2v) is 3.74. The van der Waals surface area contributed by atoms with E-state index in [4.69, 9.17) is 16.3 Å². The van der Waals surface area contributed by atoms with Crippen LogP contribution in [0.25, 0.3) is 0 Å². The maximum absolute atomic E-state index is 11.7. The zero-order valence-corrected chi connectivity index (χ0v) is 9.65. The van der Waals surface area contributed by atoms with Crippen molar-refractivity contribution in [2.75, 3.05) is 6.61 Å². The van der Waals surface area contributed by atoms with Crippen molar-refractivity contribution in [2.24, 2.45) is 21.1 Å². The Hall–Kier alpha value is -1.49. The normalized spacial score (nSPS) is 22.8.